The van der Waals surface area contributed by atoms with Crippen molar-refractivity contribution in [3.05, 3.63) is 29.6 Å². The van der Waals surface area contributed by atoms with Crippen LogP contribution < -0.4 is 10.6 Å². The lowest BCUT2D eigenvalue weighted by Gasteiger charge is -2.10. The molecule has 3 N–H and O–H groups in total. The summed E-state index contributed by atoms with van der Waals surface area (Å²) in [5.74, 6) is -2.20. The third-order valence-corrected chi connectivity index (χ3v) is 2.08. The number of carboxylic acids is 1. The van der Waals surface area contributed by atoms with Crippen LogP contribution in [0.15, 0.2) is 18.2 Å². The molecule has 0 radical (unpaired) electrons. The number of amides is 2. The zero-order chi connectivity index (χ0) is 13.5. The number of aromatic carboxylic acids is 1. The Kier molecular flexibility index (Phi) is 5.04. The molecule has 0 heterocycles. The van der Waals surface area contributed by atoms with Gasteiger partial charge in [-0.25, -0.2) is 14.0 Å². The van der Waals surface area contributed by atoms with Crippen LogP contribution >= 0.6 is 0 Å². The summed E-state index contributed by atoms with van der Waals surface area (Å²) in [5, 5.41) is 13.2. The highest BCUT2D eigenvalue weighted by atomic mass is 19.1. The van der Waals surface area contributed by atoms with Crippen molar-refractivity contribution in [2.75, 3.05) is 18.5 Å². The van der Waals surface area contributed by atoms with Gasteiger partial charge in [-0.1, -0.05) is 6.07 Å². The van der Waals surface area contributed by atoms with Crippen LogP contribution in [-0.4, -0.2) is 30.3 Å². The number of para-hydroxylation sites is 1. The number of urea groups is 1. The minimum absolute atomic E-state index is 0.0825. The Morgan fingerprint density at radius 1 is 1.33 bits per heavy atom. The number of halogens is 2. The second-order valence-electron chi connectivity index (χ2n) is 3.39. The molecule has 98 valence electrons. The van der Waals surface area contributed by atoms with Gasteiger partial charge in [-0.15, -0.1) is 0 Å². The summed E-state index contributed by atoms with van der Waals surface area (Å²) >= 11 is 0. The number of rotatable bonds is 5. The van der Waals surface area contributed by atoms with Gasteiger partial charge in [0.25, 0.3) is 0 Å². The monoisotopic (exact) mass is 258 g/mol. The predicted molar refractivity (Wildman–Crippen MR) is 61.0 cm³/mol. The summed E-state index contributed by atoms with van der Waals surface area (Å²) in [6, 6.07) is 2.65. The van der Waals surface area contributed by atoms with Gasteiger partial charge < -0.3 is 15.7 Å². The fourth-order valence-corrected chi connectivity index (χ4v) is 1.26. The van der Waals surface area contributed by atoms with Gasteiger partial charge in [-0.3, -0.25) is 4.39 Å². The largest absolute Gasteiger partial charge is 0.478 e. The van der Waals surface area contributed by atoms with Gasteiger partial charge in [0.05, 0.1) is 17.9 Å². The molecule has 0 aliphatic rings. The number of nitrogens with one attached hydrogen (secondary N) is 2. The molecule has 18 heavy (non-hydrogen) atoms. The number of carboxylic acid groups (broad SMARTS) is 1. The van der Waals surface area contributed by atoms with E-state index >= 15 is 0 Å². The normalized spacial score (nSPS) is 9.89. The van der Waals surface area contributed by atoms with E-state index in [0.717, 1.165) is 6.07 Å². The molecule has 0 unspecified atom stereocenters. The Hall–Kier alpha value is -2.18. The van der Waals surface area contributed by atoms with Gasteiger partial charge in [0.1, 0.15) is 5.82 Å². The summed E-state index contributed by atoms with van der Waals surface area (Å²) in [6.45, 7) is -0.500. The average molecular weight is 258 g/mol. The molecule has 0 aliphatic carbocycles. The second kappa shape index (κ2) is 6.53. The lowest BCUT2D eigenvalue weighted by atomic mass is 10.1. The lowest BCUT2D eigenvalue weighted by molar-refractivity contribution is 0.0697. The minimum atomic E-state index is -1.35. The van der Waals surface area contributed by atoms with E-state index in [2.05, 4.69) is 10.6 Å². The van der Waals surface area contributed by atoms with Gasteiger partial charge in [-0.05, 0) is 18.6 Å². The van der Waals surface area contributed by atoms with Crippen molar-refractivity contribution in [1.29, 1.82) is 0 Å². The zero-order valence-electron chi connectivity index (χ0n) is 9.37. The first kappa shape index (κ1) is 13.9. The van der Waals surface area contributed by atoms with Gasteiger partial charge >= 0.3 is 12.0 Å². The summed E-state index contributed by atoms with van der Waals surface area (Å²) < 4.78 is 25.2. The molecule has 0 aromatic heterocycles. The Bertz CT molecular complexity index is 452. The number of carbonyl (C=O) groups excluding carboxylic acids is 1. The Morgan fingerprint density at radius 3 is 2.67 bits per heavy atom. The van der Waals surface area contributed by atoms with Crippen LogP contribution in [0.5, 0.6) is 0 Å². The molecule has 0 atom stereocenters. The maximum Gasteiger partial charge on any atom is 0.337 e. The summed E-state index contributed by atoms with van der Waals surface area (Å²) in [6.07, 6.45) is 0.135. The van der Waals surface area contributed by atoms with E-state index in [1.165, 1.54) is 12.1 Å². The highest BCUT2D eigenvalue weighted by Crippen LogP contribution is 2.19. The summed E-state index contributed by atoms with van der Waals surface area (Å²) in [7, 11) is 0. The van der Waals surface area contributed by atoms with Crippen LogP contribution in [0.2, 0.25) is 0 Å². The van der Waals surface area contributed by atoms with E-state index in [9.17, 15) is 18.4 Å². The maximum atomic E-state index is 13.4. The van der Waals surface area contributed by atoms with Crippen LogP contribution in [0.3, 0.4) is 0 Å². The van der Waals surface area contributed by atoms with Crippen LogP contribution in [0.25, 0.3) is 0 Å². The summed E-state index contributed by atoms with van der Waals surface area (Å²) in [4.78, 5) is 22.1. The number of hydrogen-bond acceptors (Lipinski definition) is 2. The predicted octanol–water partition coefficient (Wildman–Crippen LogP) is 2.00. The van der Waals surface area contributed by atoms with E-state index < -0.39 is 30.2 Å². The quantitative estimate of drug-likeness (QED) is 0.707. The second-order valence-corrected chi connectivity index (χ2v) is 3.39. The van der Waals surface area contributed by atoms with Crippen molar-refractivity contribution in [2.24, 2.45) is 0 Å². The topological polar surface area (TPSA) is 78.4 Å². The molecule has 0 aliphatic heterocycles. The highest BCUT2D eigenvalue weighted by molar-refractivity contribution is 6.00. The summed E-state index contributed by atoms with van der Waals surface area (Å²) in [5.41, 5.74) is -0.765. The molecule has 0 spiro atoms. The van der Waals surface area contributed by atoms with E-state index in [1.807, 2.05) is 0 Å². The molecular weight excluding hydrogens is 246 g/mol. The average Bonchev–Trinajstić information content (AvgIpc) is 2.31. The fourth-order valence-electron chi connectivity index (χ4n) is 1.26. The standard InChI is InChI=1S/C11H12F2N2O3/c12-5-2-6-14-11(18)15-9-7(10(16)17)3-1-4-8(9)13/h1,3-4H,2,5-6H2,(H,16,17)(H2,14,15,18). The number of alkyl halides is 1. The molecule has 0 saturated heterocycles. The third-order valence-electron chi connectivity index (χ3n) is 2.08. The van der Waals surface area contributed by atoms with Crippen molar-refractivity contribution >= 4 is 17.7 Å². The van der Waals surface area contributed by atoms with E-state index in [-0.39, 0.29) is 18.5 Å². The first-order chi connectivity index (χ1) is 8.56. The fraction of sp³-hybridized carbons (Fsp3) is 0.273. The van der Waals surface area contributed by atoms with E-state index in [0.29, 0.717) is 0 Å². The van der Waals surface area contributed by atoms with Gasteiger partial charge in [0.2, 0.25) is 0 Å². The van der Waals surface area contributed by atoms with E-state index in [1.54, 1.807) is 0 Å². The third kappa shape index (κ3) is 3.69. The minimum Gasteiger partial charge on any atom is -0.478 e. The van der Waals surface area contributed by atoms with Gasteiger partial charge in [0.15, 0.2) is 0 Å². The molecule has 0 fully saturated rings. The number of hydrogen-bond donors (Lipinski definition) is 3. The molecule has 2 amide bonds. The van der Waals surface area contributed by atoms with Crippen LogP contribution in [0.4, 0.5) is 19.3 Å². The van der Waals surface area contributed by atoms with Crippen molar-refractivity contribution in [3.8, 4) is 0 Å². The Balaban J connectivity index is 2.77. The van der Waals surface area contributed by atoms with Gasteiger partial charge in [0, 0.05) is 6.54 Å². The Morgan fingerprint density at radius 2 is 2.06 bits per heavy atom. The van der Waals surface area contributed by atoms with Crippen LogP contribution in [-0.2, 0) is 0 Å². The van der Waals surface area contributed by atoms with Crippen molar-refractivity contribution < 1.29 is 23.5 Å². The van der Waals surface area contributed by atoms with E-state index in [4.69, 9.17) is 5.11 Å². The zero-order valence-corrected chi connectivity index (χ0v) is 9.37. The van der Waals surface area contributed by atoms with Crippen LogP contribution in [0.1, 0.15) is 16.8 Å². The Labute approximate surface area is 102 Å². The van der Waals surface area contributed by atoms with Crippen LogP contribution in [0, 0.1) is 5.82 Å². The lowest BCUT2D eigenvalue weighted by Crippen LogP contribution is -2.30. The molecule has 5 nitrogen and oxygen atoms in total. The van der Waals surface area contributed by atoms with Crippen molar-refractivity contribution in [3.63, 3.8) is 0 Å². The molecule has 0 saturated carbocycles. The van der Waals surface area contributed by atoms with Crippen molar-refractivity contribution in [2.45, 2.75) is 6.42 Å². The molecule has 7 heteroatoms. The smallest absolute Gasteiger partial charge is 0.337 e. The molecule has 1 aromatic rings. The number of carbonyl (C=O) groups is 2. The molecular formula is C11H12F2N2O3. The molecule has 0 bridgehead atoms. The molecule has 1 aromatic carbocycles. The maximum absolute atomic E-state index is 13.4. The SMILES string of the molecule is O=C(NCCCF)Nc1c(F)cccc1C(=O)O. The van der Waals surface area contributed by atoms with Gasteiger partial charge in [-0.2, -0.15) is 0 Å². The van der Waals surface area contributed by atoms with Crippen molar-refractivity contribution in [1.82, 2.24) is 5.32 Å². The number of benzene rings is 1. The highest BCUT2D eigenvalue weighted by Gasteiger charge is 2.16. The first-order valence-electron chi connectivity index (χ1n) is 5.19. The number of anilines is 1. The molecule has 1 rings (SSSR count). The first-order valence-corrected chi connectivity index (χ1v) is 5.19.